The highest BCUT2D eigenvalue weighted by molar-refractivity contribution is 5.42. The van der Waals surface area contributed by atoms with Gasteiger partial charge >= 0.3 is 0 Å². The highest BCUT2D eigenvalue weighted by atomic mass is 16.3. The molecule has 1 heterocycles. The van der Waals surface area contributed by atoms with Crippen molar-refractivity contribution in [3.8, 4) is 5.75 Å². The number of rotatable bonds is 4. The van der Waals surface area contributed by atoms with E-state index in [-0.39, 0.29) is 0 Å². The predicted molar refractivity (Wildman–Crippen MR) is 97.1 cm³/mol. The fourth-order valence-corrected chi connectivity index (χ4v) is 3.38. The summed E-state index contributed by atoms with van der Waals surface area (Å²) in [5.41, 5.74) is 3.27. The lowest BCUT2D eigenvalue weighted by Gasteiger charge is -2.26. The third kappa shape index (κ3) is 5.20. The molecule has 1 aromatic carbocycles. The second-order valence-electron chi connectivity index (χ2n) is 6.73. The molecular weight excluding hydrogens is 286 g/mol. The Bertz CT molecular complexity index is 488. The van der Waals surface area contributed by atoms with E-state index in [9.17, 15) is 5.11 Å². The van der Waals surface area contributed by atoms with Crippen molar-refractivity contribution in [2.45, 2.75) is 34.2 Å². The van der Waals surface area contributed by atoms with Gasteiger partial charge in [0.2, 0.25) is 0 Å². The molecule has 0 saturated carbocycles. The maximum atomic E-state index is 10.4. The highest BCUT2D eigenvalue weighted by Crippen LogP contribution is 2.25. The summed E-state index contributed by atoms with van der Waals surface area (Å²) in [5, 5.41) is 10.4. The van der Waals surface area contributed by atoms with E-state index in [1.165, 1.54) is 5.56 Å². The van der Waals surface area contributed by atoms with Gasteiger partial charge in [0.25, 0.3) is 0 Å². The summed E-state index contributed by atoms with van der Waals surface area (Å²) in [4.78, 5) is 7.55. The van der Waals surface area contributed by atoms with Crippen molar-refractivity contribution in [2.75, 3.05) is 52.4 Å². The summed E-state index contributed by atoms with van der Waals surface area (Å²) < 4.78 is 0. The molecule has 0 unspecified atom stereocenters. The summed E-state index contributed by atoms with van der Waals surface area (Å²) in [6.07, 6.45) is 0. The van der Waals surface area contributed by atoms with Crippen LogP contribution >= 0.6 is 0 Å². The van der Waals surface area contributed by atoms with Gasteiger partial charge in [-0.25, -0.2) is 0 Å². The zero-order chi connectivity index (χ0) is 16.8. The van der Waals surface area contributed by atoms with Crippen LogP contribution in [0.2, 0.25) is 0 Å². The van der Waals surface area contributed by atoms with Crippen molar-refractivity contribution in [1.29, 1.82) is 0 Å². The monoisotopic (exact) mass is 319 g/mol. The Morgan fingerprint density at radius 1 is 0.826 bits per heavy atom. The second-order valence-corrected chi connectivity index (χ2v) is 6.73. The van der Waals surface area contributed by atoms with Gasteiger partial charge in [0.15, 0.2) is 0 Å². The molecule has 23 heavy (non-hydrogen) atoms. The molecule has 0 spiro atoms. The number of likely N-dealkylation sites (N-methyl/N-ethyl adjacent to an activating group) is 2. The van der Waals surface area contributed by atoms with Gasteiger partial charge in [0.1, 0.15) is 5.75 Å². The van der Waals surface area contributed by atoms with Crippen LogP contribution in [-0.2, 0) is 6.54 Å². The molecule has 2 rings (SSSR count). The summed E-state index contributed by atoms with van der Waals surface area (Å²) >= 11 is 0. The van der Waals surface area contributed by atoms with Crippen LogP contribution in [0.3, 0.4) is 0 Å². The van der Waals surface area contributed by atoms with Gasteiger partial charge in [0.05, 0.1) is 0 Å². The maximum Gasteiger partial charge on any atom is 0.122 e. The van der Waals surface area contributed by atoms with Crippen molar-refractivity contribution >= 4 is 0 Å². The van der Waals surface area contributed by atoms with Crippen molar-refractivity contribution in [3.63, 3.8) is 0 Å². The zero-order valence-electron chi connectivity index (χ0n) is 15.3. The molecule has 1 aliphatic rings. The van der Waals surface area contributed by atoms with E-state index in [4.69, 9.17) is 0 Å². The number of phenols is 1. The van der Waals surface area contributed by atoms with Crippen LogP contribution in [0.1, 0.15) is 30.5 Å². The average molecular weight is 319 g/mol. The van der Waals surface area contributed by atoms with Gasteiger partial charge in [-0.15, -0.1) is 0 Å². The Morgan fingerprint density at radius 3 is 1.78 bits per heavy atom. The Kier molecular flexibility index (Phi) is 6.88. The first-order chi connectivity index (χ1) is 11.0. The molecule has 1 saturated heterocycles. The van der Waals surface area contributed by atoms with E-state index in [0.29, 0.717) is 5.75 Å². The number of phenolic OH excluding ortho intramolecular Hbond substituents is 1. The smallest absolute Gasteiger partial charge is 0.122 e. The summed E-state index contributed by atoms with van der Waals surface area (Å²) in [5.74, 6) is 0.468. The highest BCUT2D eigenvalue weighted by Gasteiger charge is 2.16. The number of aryl methyl sites for hydroxylation is 2. The molecule has 1 fully saturated rings. The first-order valence-electron chi connectivity index (χ1n) is 8.99. The fourth-order valence-electron chi connectivity index (χ4n) is 3.38. The second kappa shape index (κ2) is 8.67. The Balaban J connectivity index is 2.10. The minimum atomic E-state index is 0.468. The first-order valence-corrected chi connectivity index (χ1v) is 8.99. The topological polar surface area (TPSA) is 30.0 Å². The molecule has 0 atom stereocenters. The van der Waals surface area contributed by atoms with Gasteiger partial charge in [-0.2, -0.15) is 0 Å². The molecule has 130 valence electrons. The van der Waals surface area contributed by atoms with E-state index >= 15 is 0 Å². The van der Waals surface area contributed by atoms with Crippen molar-refractivity contribution in [2.24, 2.45) is 0 Å². The van der Waals surface area contributed by atoms with E-state index < -0.39 is 0 Å². The molecule has 1 aliphatic heterocycles. The van der Waals surface area contributed by atoms with Crippen LogP contribution in [0.4, 0.5) is 0 Å². The van der Waals surface area contributed by atoms with Crippen molar-refractivity contribution in [3.05, 3.63) is 28.8 Å². The lowest BCUT2D eigenvalue weighted by atomic mass is 10.1. The van der Waals surface area contributed by atoms with Gasteiger partial charge in [0, 0.05) is 51.4 Å². The fraction of sp³-hybridized carbons (Fsp3) is 0.684. The van der Waals surface area contributed by atoms with Crippen LogP contribution in [-0.4, -0.2) is 72.2 Å². The van der Waals surface area contributed by atoms with Crippen LogP contribution in [0.25, 0.3) is 0 Å². The number of aromatic hydroxyl groups is 1. The maximum absolute atomic E-state index is 10.4. The molecule has 0 bridgehead atoms. The van der Waals surface area contributed by atoms with Gasteiger partial charge in [-0.3, -0.25) is 4.90 Å². The van der Waals surface area contributed by atoms with Crippen LogP contribution in [0.5, 0.6) is 5.75 Å². The van der Waals surface area contributed by atoms with E-state index in [1.807, 2.05) is 6.92 Å². The van der Waals surface area contributed by atoms with E-state index in [1.54, 1.807) is 0 Å². The zero-order valence-corrected chi connectivity index (χ0v) is 15.3. The third-order valence-corrected chi connectivity index (χ3v) is 5.01. The van der Waals surface area contributed by atoms with Crippen LogP contribution in [0.15, 0.2) is 12.1 Å². The SMILES string of the molecule is CCN1CCN(CC)CCN(Cc2cc(C)cc(C)c2O)CC1. The van der Waals surface area contributed by atoms with Gasteiger partial charge in [-0.1, -0.05) is 31.5 Å². The summed E-state index contributed by atoms with van der Waals surface area (Å²) in [6.45, 7) is 18.3. The number of nitrogens with zero attached hydrogens (tertiary/aromatic N) is 3. The molecule has 0 amide bonds. The average Bonchev–Trinajstić information content (AvgIpc) is 2.62. The number of benzene rings is 1. The molecule has 4 heteroatoms. The molecule has 1 N–H and O–H groups in total. The minimum Gasteiger partial charge on any atom is -0.507 e. The van der Waals surface area contributed by atoms with Gasteiger partial charge < -0.3 is 14.9 Å². The molecular formula is C19H33N3O. The van der Waals surface area contributed by atoms with Crippen LogP contribution in [0, 0.1) is 13.8 Å². The lowest BCUT2D eigenvalue weighted by molar-refractivity contribution is 0.214. The Labute approximate surface area is 141 Å². The van der Waals surface area contributed by atoms with Crippen LogP contribution < -0.4 is 0 Å². The molecule has 0 aromatic heterocycles. The Morgan fingerprint density at radius 2 is 1.30 bits per heavy atom. The molecule has 0 aliphatic carbocycles. The summed E-state index contributed by atoms with van der Waals surface area (Å²) in [6, 6.07) is 4.18. The van der Waals surface area contributed by atoms with E-state index in [2.05, 4.69) is 47.6 Å². The largest absolute Gasteiger partial charge is 0.507 e. The van der Waals surface area contributed by atoms with Gasteiger partial charge in [-0.05, 0) is 32.5 Å². The molecule has 4 nitrogen and oxygen atoms in total. The number of hydrogen-bond donors (Lipinski definition) is 1. The minimum absolute atomic E-state index is 0.468. The standard InChI is InChI=1S/C19H33N3O/c1-5-20-7-8-21(6-2)10-12-22(11-9-20)15-18-14-16(3)13-17(4)19(18)23/h13-14,23H,5-12,15H2,1-4H3. The first kappa shape index (κ1) is 18.2. The molecule has 0 radical (unpaired) electrons. The lowest BCUT2D eigenvalue weighted by Crippen LogP contribution is -2.35. The molecule has 1 aromatic rings. The van der Waals surface area contributed by atoms with Crippen molar-refractivity contribution in [1.82, 2.24) is 14.7 Å². The third-order valence-electron chi connectivity index (χ3n) is 5.01. The quantitative estimate of drug-likeness (QED) is 0.923. The Hall–Kier alpha value is -1.10. The summed E-state index contributed by atoms with van der Waals surface area (Å²) in [7, 11) is 0. The van der Waals surface area contributed by atoms with Crippen molar-refractivity contribution < 1.29 is 5.11 Å². The predicted octanol–water partition coefficient (Wildman–Crippen LogP) is 2.47. The van der Waals surface area contributed by atoms with E-state index in [0.717, 1.165) is 70.0 Å². The normalized spacial score (nSPS) is 19.3. The number of hydrogen-bond acceptors (Lipinski definition) is 4.